The van der Waals surface area contributed by atoms with Gasteiger partial charge < -0.3 is 14.8 Å². The number of hydrogen-bond acceptors (Lipinski definition) is 4. The van der Waals surface area contributed by atoms with Crippen LogP contribution in [0.4, 0.5) is 5.69 Å². The van der Waals surface area contributed by atoms with Gasteiger partial charge in [-0.25, -0.2) is 0 Å². The van der Waals surface area contributed by atoms with E-state index in [0.717, 1.165) is 28.8 Å². The molecule has 148 valence electrons. The Balaban J connectivity index is 1.90. The maximum Gasteiger partial charge on any atom is 0.257 e. The minimum Gasteiger partial charge on any atom is -0.492 e. The molecular weight excluding hydrogens is 440 g/mol. The third kappa shape index (κ3) is 6.98. The van der Waals surface area contributed by atoms with Crippen LogP contribution in [0, 0.1) is 0 Å². The number of hydrogen-bond donors (Lipinski definition) is 2. The molecule has 0 saturated heterocycles. The summed E-state index contributed by atoms with van der Waals surface area (Å²) in [6.07, 6.45) is 3.72. The van der Waals surface area contributed by atoms with Crippen molar-refractivity contribution in [2.75, 3.05) is 18.5 Å². The fraction of sp³-hybridized carbons (Fsp3) is 0.238. The van der Waals surface area contributed by atoms with Crippen molar-refractivity contribution in [3.05, 3.63) is 65.2 Å². The first kappa shape index (κ1) is 21.9. The average Bonchev–Trinajstić information content (AvgIpc) is 2.68. The Morgan fingerprint density at radius 2 is 1.96 bits per heavy atom. The highest BCUT2D eigenvalue weighted by molar-refractivity contribution is 9.10. The van der Waals surface area contributed by atoms with Crippen molar-refractivity contribution < 1.29 is 14.3 Å². The Morgan fingerprint density at radius 3 is 2.61 bits per heavy atom. The Hall–Kier alpha value is -2.38. The zero-order valence-corrected chi connectivity index (χ0v) is 18.1. The van der Waals surface area contributed by atoms with Gasteiger partial charge in [-0.1, -0.05) is 26.0 Å². The Bertz CT molecular complexity index is 825. The van der Waals surface area contributed by atoms with Gasteiger partial charge in [-0.2, -0.15) is 0 Å². The molecule has 2 N–H and O–H groups in total. The van der Waals surface area contributed by atoms with E-state index in [2.05, 4.69) is 40.1 Å². The van der Waals surface area contributed by atoms with Gasteiger partial charge in [0, 0.05) is 11.3 Å². The van der Waals surface area contributed by atoms with E-state index in [9.17, 15) is 4.79 Å². The molecule has 5 nitrogen and oxygen atoms in total. The highest BCUT2D eigenvalue weighted by Crippen LogP contribution is 2.26. The summed E-state index contributed by atoms with van der Waals surface area (Å²) in [4.78, 5) is 12.4. The molecule has 0 unspecified atom stereocenters. The van der Waals surface area contributed by atoms with Gasteiger partial charge in [0.15, 0.2) is 5.11 Å². The van der Waals surface area contributed by atoms with E-state index in [-0.39, 0.29) is 11.0 Å². The van der Waals surface area contributed by atoms with Crippen LogP contribution in [0.15, 0.2) is 59.6 Å². The van der Waals surface area contributed by atoms with Crippen LogP contribution < -0.4 is 20.1 Å². The van der Waals surface area contributed by atoms with E-state index < -0.39 is 0 Å². The first-order chi connectivity index (χ1) is 13.5. The van der Waals surface area contributed by atoms with Crippen LogP contribution in [0.1, 0.15) is 30.1 Å². The highest BCUT2D eigenvalue weighted by atomic mass is 79.9. The highest BCUT2D eigenvalue weighted by Gasteiger charge is 2.11. The van der Waals surface area contributed by atoms with E-state index in [1.165, 1.54) is 0 Å². The van der Waals surface area contributed by atoms with Gasteiger partial charge in [0.25, 0.3) is 5.91 Å². The fourth-order valence-corrected chi connectivity index (χ4v) is 2.92. The molecule has 2 rings (SSSR count). The lowest BCUT2D eigenvalue weighted by Crippen LogP contribution is -2.34. The van der Waals surface area contributed by atoms with Crippen molar-refractivity contribution in [1.82, 2.24) is 5.32 Å². The van der Waals surface area contributed by atoms with E-state index in [4.69, 9.17) is 21.7 Å². The number of halogens is 1. The van der Waals surface area contributed by atoms with Crippen LogP contribution in [0.3, 0.4) is 0 Å². The molecule has 28 heavy (non-hydrogen) atoms. The normalized spacial score (nSPS) is 10.1. The molecule has 2 aromatic rings. The van der Waals surface area contributed by atoms with Gasteiger partial charge in [-0.15, -0.1) is 0 Å². The fourth-order valence-electron chi connectivity index (χ4n) is 2.21. The molecule has 0 aliphatic rings. The van der Waals surface area contributed by atoms with E-state index in [1.807, 2.05) is 24.3 Å². The van der Waals surface area contributed by atoms with Gasteiger partial charge >= 0.3 is 0 Å². The largest absolute Gasteiger partial charge is 0.492 e. The number of rotatable bonds is 9. The van der Waals surface area contributed by atoms with Gasteiger partial charge in [0.1, 0.15) is 18.1 Å². The lowest BCUT2D eigenvalue weighted by Gasteiger charge is -2.12. The lowest BCUT2D eigenvalue weighted by molar-refractivity contribution is 0.0977. The van der Waals surface area contributed by atoms with Gasteiger partial charge in [0.2, 0.25) is 0 Å². The molecule has 0 bridgehead atoms. The van der Waals surface area contributed by atoms with Crippen molar-refractivity contribution in [2.24, 2.45) is 0 Å². The maximum absolute atomic E-state index is 12.4. The molecule has 1 amide bonds. The van der Waals surface area contributed by atoms with Crippen molar-refractivity contribution in [2.45, 2.75) is 19.8 Å². The van der Waals surface area contributed by atoms with Crippen molar-refractivity contribution in [1.29, 1.82) is 0 Å². The van der Waals surface area contributed by atoms with Crippen LogP contribution in [0.5, 0.6) is 11.5 Å². The summed E-state index contributed by atoms with van der Waals surface area (Å²) in [5.74, 6) is 1.14. The smallest absolute Gasteiger partial charge is 0.257 e. The standard InChI is InChI=1S/C21H23BrN2O3S/c1-3-5-13-27-19-11-6-15(14-18(19)22)20(25)24-21(28)23-16-7-9-17(10-8-16)26-12-4-2/h4,6-11,14H,2-3,5,12-13H2,1H3,(H2,23,24,25,28). The van der Waals surface area contributed by atoms with Crippen molar-refractivity contribution in [3.63, 3.8) is 0 Å². The number of ether oxygens (including phenoxy) is 2. The summed E-state index contributed by atoms with van der Waals surface area (Å²) in [6.45, 7) is 6.80. The van der Waals surface area contributed by atoms with Crippen LogP contribution in [0.2, 0.25) is 0 Å². The van der Waals surface area contributed by atoms with Gasteiger partial charge in [-0.05, 0) is 77.0 Å². The predicted molar refractivity (Wildman–Crippen MR) is 120 cm³/mol. The number of benzene rings is 2. The minimum atomic E-state index is -0.302. The number of anilines is 1. The van der Waals surface area contributed by atoms with Gasteiger partial charge in [-0.3, -0.25) is 10.1 Å². The molecule has 0 aromatic heterocycles. The lowest BCUT2D eigenvalue weighted by atomic mass is 10.2. The second kappa shape index (κ2) is 11.5. The summed E-state index contributed by atoms with van der Waals surface area (Å²) in [7, 11) is 0. The molecule has 0 spiro atoms. The third-order valence-corrected chi connectivity index (χ3v) is 4.48. The molecule has 0 aliphatic heterocycles. The quantitative estimate of drug-likeness (QED) is 0.300. The summed E-state index contributed by atoms with van der Waals surface area (Å²) in [5.41, 5.74) is 1.23. The Kier molecular flexibility index (Phi) is 8.97. The number of amides is 1. The van der Waals surface area contributed by atoms with E-state index in [0.29, 0.717) is 24.5 Å². The monoisotopic (exact) mass is 462 g/mol. The molecule has 0 fully saturated rings. The second-order valence-electron chi connectivity index (χ2n) is 5.88. The topological polar surface area (TPSA) is 59.6 Å². The Labute approximate surface area is 179 Å². The van der Waals surface area contributed by atoms with Crippen molar-refractivity contribution >= 4 is 44.9 Å². The van der Waals surface area contributed by atoms with Crippen LogP contribution in [-0.2, 0) is 0 Å². The second-order valence-corrected chi connectivity index (χ2v) is 7.14. The van der Waals surface area contributed by atoms with Crippen LogP contribution >= 0.6 is 28.1 Å². The molecule has 2 aromatic carbocycles. The summed E-state index contributed by atoms with van der Waals surface area (Å²) in [5, 5.41) is 5.85. The SMILES string of the molecule is C=CCOc1ccc(NC(=S)NC(=O)c2ccc(OCCCC)c(Br)c2)cc1. The van der Waals surface area contributed by atoms with Crippen LogP contribution in [-0.4, -0.2) is 24.2 Å². The molecule has 0 atom stereocenters. The van der Waals surface area contributed by atoms with Gasteiger partial charge in [0.05, 0.1) is 11.1 Å². The molecule has 0 radical (unpaired) electrons. The summed E-state index contributed by atoms with van der Waals surface area (Å²) in [6, 6.07) is 12.4. The number of nitrogens with one attached hydrogen (secondary N) is 2. The third-order valence-electron chi connectivity index (χ3n) is 3.66. The number of carbonyl (C=O) groups is 1. The zero-order valence-electron chi connectivity index (χ0n) is 15.7. The first-order valence-electron chi connectivity index (χ1n) is 8.92. The minimum absolute atomic E-state index is 0.212. The van der Waals surface area contributed by atoms with E-state index >= 15 is 0 Å². The van der Waals surface area contributed by atoms with Crippen molar-refractivity contribution in [3.8, 4) is 11.5 Å². The number of unbranched alkanes of at least 4 members (excludes halogenated alkanes) is 1. The molecule has 0 saturated carbocycles. The molecule has 0 heterocycles. The molecule has 7 heteroatoms. The maximum atomic E-state index is 12.4. The number of thiocarbonyl (C=S) groups is 1. The molecular formula is C21H23BrN2O3S. The zero-order chi connectivity index (χ0) is 20.4. The predicted octanol–water partition coefficient (Wildman–Crippen LogP) is 5.32. The Morgan fingerprint density at radius 1 is 1.21 bits per heavy atom. The summed E-state index contributed by atoms with van der Waals surface area (Å²) < 4.78 is 11.8. The summed E-state index contributed by atoms with van der Waals surface area (Å²) >= 11 is 8.66. The molecule has 0 aliphatic carbocycles. The average molecular weight is 463 g/mol. The first-order valence-corrected chi connectivity index (χ1v) is 10.1. The number of carbonyl (C=O) groups excluding carboxylic acids is 1. The van der Waals surface area contributed by atoms with E-state index in [1.54, 1.807) is 24.3 Å². The van der Waals surface area contributed by atoms with Crippen LogP contribution in [0.25, 0.3) is 0 Å².